The van der Waals surface area contributed by atoms with Crippen LogP contribution in [0.5, 0.6) is 0 Å². The van der Waals surface area contributed by atoms with Gasteiger partial charge in [-0.25, -0.2) is 4.57 Å². The van der Waals surface area contributed by atoms with Crippen LogP contribution < -0.4 is 0 Å². The molecule has 0 aliphatic carbocycles. The van der Waals surface area contributed by atoms with Crippen LogP contribution in [0.1, 0.15) is 322 Å². The molecular formula is C82H143NO8P+. The highest BCUT2D eigenvalue weighted by molar-refractivity contribution is 7.47. The van der Waals surface area contributed by atoms with Crippen LogP contribution in [0.4, 0.5) is 0 Å². The van der Waals surface area contributed by atoms with Crippen LogP contribution in [0.25, 0.3) is 0 Å². The minimum absolute atomic E-state index is 0.0280. The summed E-state index contributed by atoms with van der Waals surface area (Å²) < 4.78 is 34.8. The molecule has 0 aromatic rings. The average Bonchev–Trinajstić information content (AvgIpc) is 2.14. The molecule has 92 heavy (non-hydrogen) atoms. The Morgan fingerprint density at radius 3 is 0.870 bits per heavy atom. The number of carbonyl (C=O) groups excluding carboxylic acids is 2. The smallest absolute Gasteiger partial charge is 0.462 e. The second kappa shape index (κ2) is 71.4. The number of phosphoric ester groups is 1. The summed E-state index contributed by atoms with van der Waals surface area (Å²) in [5.41, 5.74) is 0. The monoisotopic (exact) mass is 1300 g/mol. The summed E-state index contributed by atoms with van der Waals surface area (Å²) in [6.07, 6.45) is 104. The van der Waals surface area contributed by atoms with Crippen LogP contribution in [0.15, 0.2) is 134 Å². The zero-order valence-electron chi connectivity index (χ0n) is 60.2. The fourth-order valence-electron chi connectivity index (χ4n) is 10.5. The first kappa shape index (κ1) is 88.2. The summed E-state index contributed by atoms with van der Waals surface area (Å²) in [6, 6.07) is 0. The molecule has 0 radical (unpaired) electrons. The van der Waals surface area contributed by atoms with Gasteiger partial charge >= 0.3 is 19.8 Å². The van der Waals surface area contributed by atoms with Gasteiger partial charge in [-0.2, -0.15) is 0 Å². The number of phosphoric acid groups is 1. The molecule has 9 nitrogen and oxygen atoms in total. The Labute approximate surface area is 568 Å². The molecule has 0 amide bonds. The first-order chi connectivity index (χ1) is 45.0. The van der Waals surface area contributed by atoms with Gasteiger partial charge in [0.1, 0.15) is 19.8 Å². The van der Waals surface area contributed by atoms with E-state index < -0.39 is 26.5 Å². The maximum absolute atomic E-state index is 12.9. The van der Waals surface area contributed by atoms with Gasteiger partial charge in [-0.1, -0.05) is 334 Å². The molecule has 1 N–H and O–H groups in total. The Kier molecular flexibility index (Phi) is 68.5. The van der Waals surface area contributed by atoms with E-state index in [1.54, 1.807) is 0 Å². The summed E-state index contributed by atoms with van der Waals surface area (Å²) in [7, 11) is 1.48. The van der Waals surface area contributed by atoms with Gasteiger partial charge in [0.15, 0.2) is 6.10 Å². The van der Waals surface area contributed by atoms with Crippen molar-refractivity contribution in [1.29, 1.82) is 0 Å². The highest BCUT2D eigenvalue weighted by atomic mass is 31.2. The van der Waals surface area contributed by atoms with Crippen LogP contribution in [-0.4, -0.2) is 74.9 Å². The molecule has 528 valence electrons. The Balaban J connectivity index is 4.01. The second-order valence-electron chi connectivity index (χ2n) is 26.3. The highest BCUT2D eigenvalue weighted by Crippen LogP contribution is 2.43. The first-order valence-electron chi connectivity index (χ1n) is 37.9. The lowest BCUT2D eigenvalue weighted by atomic mass is 10.0. The summed E-state index contributed by atoms with van der Waals surface area (Å²) in [5.74, 6) is -0.792. The zero-order valence-corrected chi connectivity index (χ0v) is 61.1. The van der Waals surface area contributed by atoms with Gasteiger partial charge in [0, 0.05) is 12.8 Å². The lowest BCUT2D eigenvalue weighted by Gasteiger charge is -2.24. The topological polar surface area (TPSA) is 108 Å². The second-order valence-corrected chi connectivity index (χ2v) is 27.7. The number of unbranched alkanes of at least 4 members (excludes halogenated alkanes) is 33. The normalized spacial score (nSPS) is 13.8. The third-order valence-electron chi connectivity index (χ3n) is 16.2. The molecule has 0 fully saturated rings. The maximum atomic E-state index is 12.9. The molecule has 2 unspecified atom stereocenters. The van der Waals surface area contributed by atoms with Gasteiger partial charge in [0.05, 0.1) is 27.7 Å². The number of hydrogen-bond donors (Lipinski definition) is 1. The summed E-state index contributed by atoms with van der Waals surface area (Å²) in [6.45, 7) is 4.23. The van der Waals surface area contributed by atoms with Gasteiger partial charge in [0.25, 0.3) is 0 Å². The van der Waals surface area contributed by atoms with E-state index in [4.69, 9.17) is 18.5 Å². The summed E-state index contributed by atoms with van der Waals surface area (Å²) in [4.78, 5) is 36.0. The fraction of sp³-hybridized carbons (Fsp3) is 0.707. The van der Waals surface area contributed by atoms with Crippen LogP contribution in [-0.2, 0) is 32.7 Å². The molecule has 2 atom stereocenters. The highest BCUT2D eigenvalue weighted by Gasteiger charge is 2.27. The number of quaternary nitrogens is 1. The predicted octanol–water partition coefficient (Wildman–Crippen LogP) is 25.2. The number of nitrogens with zero attached hydrogens (tertiary/aromatic N) is 1. The van der Waals surface area contributed by atoms with Gasteiger partial charge < -0.3 is 18.9 Å². The Bertz CT molecular complexity index is 2020. The van der Waals surface area contributed by atoms with Crippen molar-refractivity contribution in [2.75, 3.05) is 47.5 Å². The lowest BCUT2D eigenvalue weighted by Crippen LogP contribution is -2.37. The third kappa shape index (κ3) is 75.2. The predicted molar refractivity (Wildman–Crippen MR) is 399 cm³/mol. The van der Waals surface area contributed by atoms with Gasteiger partial charge in [-0.05, 0) is 109 Å². The van der Waals surface area contributed by atoms with E-state index in [9.17, 15) is 19.0 Å². The number of esters is 2. The van der Waals surface area contributed by atoms with Crippen molar-refractivity contribution >= 4 is 19.8 Å². The number of carbonyl (C=O) groups is 2. The van der Waals surface area contributed by atoms with Crippen molar-refractivity contribution in [3.8, 4) is 0 Å². The Morgan fingerprint density at radius 1 is 0.337 bits per heavy atom. The largest absolute Gasteiger partial charge is 0.472 e. The van der Waals surface area contributed by atoms with Gasteiger partial charge in [-0.3, -0.25) is 18.6 Å². The van der Waals surface area contributed by atoms with E-state index in [1.165, 1.54) is 180 Å². The van der Waals surface area contributed by atoms with Crippen LogP contribution >= 0.6 is 7.82 Å². The number of hydrogen-bond acceptors (Lipinski definition) is 7. The SMILES string of the molecule is CC/C=C\C/C=C\C/C=C\C/C=C\C/C=C\C/C=C\C/C=C\CCCCCCCCCCCCCCCC(=O)OC(COC(=O)CCCCCCCCCCCCCCCCCCCCCC/C=C\C/C=C\C/C=C\C/C=C\CC)COP(=O)(O)OCC[N+](C)(C)C. The van der Waals surface area contributed by atoms with Crippen molar-refractivity contribution < 1.29 is 42.1 Å². The number of ether oxygens (including phenoxy) is 2. The molecule has 0 heterocycles. The number of likely N-dealkylation sites (N-methyl/N-ethyl adjacent to an activating group) is 1. The van der Waals surface area contributed by atoms with E-state index in [-0.39, 0.29) is 32.0 Å². The van der Waals surface area contributed by atoms with Crippen molar-refractivity contribution in [1.82, 2.24) is 0 Å². The van der Waals surface area contributed by atoms with Crippen molar-refractivity contribution in [3.05, 3.63) is 134 Å². The Morgan fingerprint density at radius 2 is 0.587 bits per heavy atom. The molecule has 0 saturated heterocycles. The lowest BCUT2D eigenvalue weighted by molar-refractivity contribution is -0.870. The third-order valence-corrected chi connectivity index (χ3v) is 17.2. The fourth-order valence-corrected chi connectivity index (χ4v) is 11.2. The molecule has 0 aliphatic rings. The molecule has 10 heteroatoms. The molecule has 0 bridgehead atoms. The zero-order chi connectivity index (χ0) is 66.9. The molecule has 0 spiro atoms. The van der Waals surface area contributed by atoms with E-state index in [1.807, 2.05) is 21.1 Å². The van der Waals surface area contributed by atoms with Crippen LogP contribution in [0, 0.1) is 0 Å². The van der Waals surface area contributed by atoms with Crippen LogP contribution in [0.2, 0.25) is 0 Å². The summed E-state index contributed by atoms with van der Waals surface area (Å²) >= 11 is 0. The maximum Gasteiger partial charge on any atom is 0.472 e. The van der Waals surface area contributed by atoms with E-state index in [2.05, 4.69) is 148 Å². The standard InChI is InChI=1S/C82H142NO8P/c1-6-8-10-12-14-16-18-20-22-24-26-28-30-32-34-36-38-40-41-43-45-47-49-51-53-55-57-59-61-63-65-67-69-71-73-75-82(85)91-80(79-90-92(86,87)89-77-76-83(3,4)5)78-88-81(84)74-72-70-68-66-64-62-60-58-56-54-52-50-48-46-44-42-39-37-35-33-31-29-27-25-23-21-19-17-15-13-11-9-7-2/h8-11,14-17,20-23,26-29,32,34,38,40,43,45,80H,6-7,12-13,18-19,24-25,30-31,33,35-37,39,41-42,44,46-79H2,1-5H3/p+1/b10-8-,11-9-,16-14-,17-15-,22-20-,23-21-,28-26-,29-27-,34-32-,40-38-,45-43-. The molecule has 0 aromatic heterocycles. The van der Waals surface area contributed by atoms with Gasteiger partial charge in [0.2, 0.25) is 0 Å². The van der Waals surface area contributed by atoms with E-state index in [0.29, 0.717) is 17.4 Å². The number of rotatable bonds is 69. The molecule has 0 rings (SSSR count). The minimum Gasteiger partial charge on any atom is -0.462 e. The van der Waals surface area contributed by atoms with Crippen LogP contribution in [0.3, 0.4) is 0 Å². The first-order valence-corrected chi connectivity index (χ1v) is 39.4. The molecular weight excluding hydrogens is 1160 g/mol. The molecule has 0 aromatic carbocycles. The van der Waals surface area contributed by atoms with E-state index in [0.717, 1.165) is 109 Å². The molecule has 0 saturated carbocycles. The number of allylic oxidation sites excluding steroid dienone is 22. The average molecular weight is 1300 g/mol. The van der Waals surface area contributed by atoms with Crippen molar-refractivity contribution in [2.24, 2.45) is 0 Å². The van der Waals surface area contributed by atoms with E-state index >= 15 is 0 Å². The quantitative estimate of drug-likeness (QED) is 0.0211. The Hall–Kier alpha value is -3.85. The summed E-state index contributed by atoms with van der Waals surface area (Å²) in [5, 5.41) is 0. The van der Waals surface area contributed by atoms with Crippen molar-refractivity contribution in [2.45, 2.75) is 328 Å². The minimum atomic E-state index is -4.40. The molecule has 0 aliphatic heterocycles. The van der Waals surface area contributed by atoms with Gasteiger partial charge in [-0.15, -0.1) is 0 Å². The van der Waals surface area contributed by atoms with Crippen molar-refractivity contribution in [3.63, 3.8) is 0 Å².